The van der Waals surface area contributed by atoms with Crippen molar-refractivity contribution in [3.63, 3.8) is 0 Å². The quantitative estimate of drug-likeness (QED) is 0.700. The van der Waals surface area contributed by atoms with Crippen molar-refractivity contribution in [3.05, 3.63) is 17.3 Å². The van der Waals surface area contributed by atoms with E-state index in [4.69, 9.17) is 17.3 Å². The number of hydrogen-bond acceptors (Lipinski definition) is 5. The molecule has 1 aromatic rings. The van der Waals surface area contributed by atoms with E-state index in [1.165, 1.54) is 13.0 Å². The van der Waals surface area contributed by atoms with E-state index in [9.17, 15) is 13.2 Å². The molecule has 1 unspecified atom stereocenters. The van der Waals surface area contributed by atoms with Gasteiger partial charge in [0.1, 0.15) is 10.7 Å². The predicted molar refractivity (Wildman–Crippen MR) is 72.4 cm³/mol. The van der Waals surface area contributed by atoms with Gasteiger partial charge < -0.3 is 11.1 Å². The number of pyridine rings is 1. The van der Waals surface area contributed by atoms with Crippen molar-refractivity contribution in [2.75, 3.05) is 11.9 Å². The highest BCUT2D eigenvalue weighted by atomic mass is 35.5. The van der Waals surface area contributed by atoms with Crippen molar-refractivity contribution in [2.45, 2.75) is 24.8 Å². The smallest absolute Gasteiger partial charge is 0.242 e. The van der Waals surface area contributed by atoms with Crippen molar-refractivity contribution in [1.29, 1.82) is 0 Å². The van der Waals surface area contributed by atoms with Gasteiger partial charge in [-0.25, -0.2) is 13.4 Å². The Bertz CT molecular complexity index is 576. The molecule has 106 valence electrons. The van der Waals surface area contributed by atoms with Crippen LogP contribution in [-0.2, 0) is 14.8 Å². The lowest BCUT2D eigenvalue weighted by Gasteiger charge is -2.12. The summed E-state index contributed by atoms with van der Waals surface area (Å²) in [6.45, 7) is 3.82. The molecule has 0 bridgehead atoms. The van der Waals surface area contributed by atoms with Gasteiger partial charge in [-0.05, 0) is 19.9 Å². The molecule has 0 aliphatic rings. The molecular weight excluding hydrogens is 292 g/mol. The lowest BCUT2D eigenvalue weighted by molar-refractivity contribution is -0.119. The van der Waals surface area contributed by atoms with Gasteiger partial charge in [0.2, 0.25) is 15.9 Å². The van der Waals surface area contributed by atoms with Crippen molar-refractivity contribution in [1.82, 2.24) is 9.71 Å². The second-order valence-corrected chi connectivity index (χ2v) is 5.90. The Morgan fingerprint density at radius 1 is 1.58 bits per heavy atom. The van der Waals surface area contributed by atoms with Crippen LogP contribution in [0.5, 0.6) is 0 Å². The van der Waals surface area contributed by atoms with Crippen LogP contribution < -0.4 is 15.8 Å². The van der Waals surface area contributed by atoms with E-state index < -0.39 is 22.0 Å². The van der Waals surface area contributed by atoms with E-state index in [1.54, 1.807) is 0 Å². The number of carbonyl (C=O) groups excluding carboxylic acids is 1. The molecule has 0 aliphatic heterocycles. The van der Waals surface area contributed by atoms with Crippen LogP contribution in [0.4, 0.5) is 5.82 Å². The van der Waals surface area contributed by atoms with Gasteiger partial charge in [-0.3, -0.25) is 4.79 Å². The Labute approximate surface area is 116 Å². The maximum Gasteiger partial charge on any atom is 0.242 e. The first-order chi connectivity index (χ1) is 8.77. The van der Waals surface area contributed by atoms with Crippen molar-refractivity contribution in [3.8, 4) is 0 Å². The summed E-state index contributed by atoms with van der Waals surface area (Å²) in [5.41, 5.74) is 5.00. The van der Waals surface area contributed by atoms with E-state index in [0.717, 1.165) is 6.20 Å². The summed E-state index contributed by atoms with van der Waals surface area (Å²) in [6.07, 6.45) is 1.15. The molecule has 9 heteroatoms. The molecule has 4 N–H and O–H groups in total. The van der Waals surface area contributed by atoms with Gasteiger partial charge in [0, 0.05) is 12.7 Å². The summed E-state index contributed by atoms with van der Waals surface area (Å²) in [4.78, 5) is 14.6. The number of sulfonamides is 1. The third-order valence-corrected chi connectivity index (χ3v) is 4.03. The average Bonchev–Trinajstić information content (AvgIpc) is 2.31. The van der Waals surface area contributed by atoms with Gasteiger partial charge in [-0.15, -0.1) is 0 Å². The monoisotopic (exact) mass is 306 g/mol. The predicted octanol–water partition coefficient (Wildman–Crippen LogP) is 0.319. The first-order valence-electron chi connectivity index (χ1n) is 5.49. The molecule has 0 radical (unpaired) electrons. The van der Waals surface area contributed by atoms with E-state index in [0.29, 0.717) is 12.4 Å². The molecule has 1 rings (SSSR count). The SMILES string of the molecule is CCNc1ncc(S(=O)(=O)NC(C)C(N)=O)cc1Cl. The minimum atomic E-state index is -3.88. The molecule has 1 aromatic heterocycles. The van der Waals surface area contributed by atoms with Crippen LogP contribution in [0.25, 0.3) is 0 Å². The van der Waals surface area contributed by atoms with Crippen LogP contribution in [0, 0.1) is 0 Å². The second kappa shape index (κ2) is 6.18. The van der Waals surface area contributed by atoms with Gasteiger partial charge in [-0.2, -0.15) is 4.72 Å². The standard InChI is InChI=1S/C10H15ClN4O3S/c1-3-13-10-8(11)4-7(5-14-10)19(17,18)15-6(2)9(12)16/h4-6,15H,3H2,1-2H3,(H2,12,16)(H,13,14). The van der Waals surface area contributed by atoms with E-state index in [1.807, 2.05) is 6.92 Å². The average molecular weight is 307 g/mol. The highest BCUT2D eigenvalue weighted by Gasteiger charge is 2.21. The van der Waals surface area contributed by atoms with E-state index >= 15 is 0 Å². The number of anilines is 1. The molecule has 19 heavy (non-hydrogen) atoms. The molecule has 0 saturated heterocycles. The maximum absolute atomic E-state index is 11.9. The normalized spacial score (nSPS) is 13.0. The molecule has 1 amide bonds. The maximum atomic E-state index is 11.9. The van der Waals surface area contributed by atoms with Crippen molar-refractivity contribution < 1.29 is 13.2 Å². The minimum absolute atomic E-state index is 0.132. The third-order valence-electron chi connectivity index (χ3n) is 2.23. The van der Waals surface area contributed by atoms with Crippen molar-refractivity contribution in [2.24, 2.45) is 5.73 Å². The van der Waals surface area contributed by atoms with Crippen molar-refractivity contribution >= 4 is 33.3 Å². The van der Waals surface area contributed by atoms with Gasteiger partial charge in [-0.1, -0.05) is 11.6 Å². The zero-order valence-electron chi connectivity index (χ0n) is 10.5. The van der Waals surface area contributed by atoms with Gasteiger partial charge >= 0.3 is 0 Å². The lowest BCUT2D eigenvalue weighted by atomic mass is 10.4. The molecule has 0 aliphatic carbocycles. The zero-order valence-corrected chi connectivity index (χ0v) is 12.0. The Kier molecular flexibility index (Phi) is 5.10. The molecule has 0 aromatic carbocycles. The van der Waals surface area contributed by atoms with E-state index in [2.05, 4.69) is 15.0 Å². The van der Waals surface area contributed by atoms with Crippen LogP contribution in [0.1, 0.15) is 13.8 Å². The van der Waals surface area contributed by atoms with Gasteiger partial charge in [0.25, 0.3) is 0 Å². The minimum Gasteiger partial charge on any atom is -0.369 e. The molecule has 1 heterocycles. The number of hydrogen-bond donors (Lipinski definition) is 3. The Hall–Kier alpha value is -1.38. The Morgan fingerprint density at radius 2 is 2.21 bits per heavy atom. The van der Waals surface area contributed by atoms with Crippen LogP contribution in [0.2, 0.25) is 5.02 Å². The van der Waals surface area contributed by atoms with Crippen LogP contribution in [0.15, 0.2) is 17.2 Å². The fourth-order valence-electron chi connectivity index (χ4n) is 1.22. The fraction of sp³-hybridized carbons (Fsp3) is 0.400. The van der Waals surface area contributed by atoms with Gasteiger partial charge in [0.05, 0.1) is 11.1 Å². The summed E-state index contributed by atoms with van der Waals surface area (Å²) >= 11 is 5.90. The number of nitrogens with zero attached hydrogens (tertiary/aromatic N) is 1. The summed E-state index contributed by atoms with van der Waals surface area (Å²) in [7, 11) is -3.88. The van der Waals surface area contributed by atoms with E-state index in [-0.39, 0.29) is 9.92 Å². The molecule has 7 nitrogen and oxygen atoms in total. The number of rotatable bonds is 6. The highest BCUT2D eigenvalue weighted by molar-refractivity contribution is 7.89. The number of primary amides is 1. The molecule has 1 atom stereocenters. The number of aromatic nitrogens is 1. The number of carbonyl (C=O) groups is 1. The summed E-state index contributed by atoms with van der Waals surface area (Å²) in [5, 5.41) is 3.06. The third kappa shape index (κ3) is 4.05. The number of halogens is 1. The van der Waals surface area contributed by atoms with Crippen LogP contribution in [0.3, 0.4) is 0 Å². The molecule has 0 spiro atoms. The number of nitrogens with one attached hydrogen (secondary N) is 2. The van der Waals surface area contributed by atoms with Crippen LogP contribution >= 0.6 is 11.6 Å². The fourth-order valence-corrected chi connectivity index (χ4v) is 2.70. The number of nitrogens with two attached hydrogens (primary N) is 1. The summed E-state index contributed by atoms with van der Waals surface area (Å²) < 4.78 is 26.0. The summed E-state index contributed by atoms with van der Waals surface area (Å²) in [6, 6.07) is 0.236. The first-order valence-corrected chi connectivity index (χ1v) is 7.35. The highest BCUT2D eigenvalue weighted by Crippen LogP contribution is 2.22. The zero-order chi connectivity index (χ0) is 14.6. The lowest BCUT2D eigenvalue weighted by Crippen LogP contribution is -2.42. The Morgan fingerprint density at radius 3 is 2.68 bits per heavy atom. The molecular formula is C10H15ClN4O3S. The topological polar surface area (TPSA) is 114 Å². The number of amides is 1. The van der Waals surface area contributed by atoms with Crippen LogP contribution in [-0.4, -0.2) is 31.9 Å². The van der Waals surface area contributed by atoms with Gasteiger partial charge in [0.15, 0.2) is 0 Å². The largest absolute Gasteiger partial charge is 0.369 e. The first kappa shape index (κ1) is 15.7. The molecule has 0 saturated carbocycles. The second-order valence-electron chi connectivity index (χ2n) is 3.78. The summed E-state index contributed by atoms with van der Waals surface area (Å²) in [5.74, 6) is -0.377. The molecule has 0 fully saturated rings. The Balaban J connectivity index is 3.02.